The number of benzene rings is 1. The summed E-state index contributed by atoms with van der Waals surface area (Å²) in [6.45, 7) is 3.63. The van der Waals surface area contributed by atoms with Gasteiger partial charge in [-0.3, -0.25) is 0 Å². The van der Waals surface area contributed by atoms with Gasteiger partial charge in [0.2, 0.25) is 10.0 Å². The number of sulfonamides is 1. The lowest BCUT2D eigenvalue weighted by molar-refractivity contribution is 0.431. The summed E-state index contributed by atoms with van der Waals surface area (Å²) >= 11 is 0. The van der Waals surface area contributed by atoms with E-state index in [1.54, 1.807) is 38.1 Å². The molecule has 0 aliphatic heterocycles. The second kappa shape index (κ2) is 5.35. The second-order valence-electron chi connectivity index (χ2n) is 5.19. The van der Waals surface area contributed by atoms with Crippen LogP contribution in [-0.2, 0) is 10.0 Å². The molecule has 0 atom stereocenters. The van der Waals surface area contributed by atoms with Crippen molar-refractivity contribution in [3.05, 3.63) is 36.5 Å². The van der Waals surface area contributed by atoms with Crippen LogP contribution in [0.1, 0.15) is 13.8 Å². The minimum atomic E-state index is -3.67. The topological polar surface area (TPSA) is 98.2 Å². The Kier molecular flexibility index (Phi) is 3.94. The molecule has 0 fully saturated rings. The first-order valence-corrected chi connectivity index (χ1v) is 7.56. The lowest BCUT2D eigenvalue weighted by Crippen LogP contribution is -2.45. The summed E-state index contributed by atoms with van der Waals surface area (Å²) in [6, 6.07) is 8.19. The highest BCUT2D eigenvalue weighted by molar-refractivity contribution is 7.89. The molecule has 3 N–H and O–H groups in total. The summed E-state index contributed by atoms with van der Waals surface area (Å²) in [5, 5.41) is 3.60. The van der Waals surface area contributed by atoms with E-state index in [1.165, 1.54) is 12.3 Å². The van der Waals surface area contributed by atoms with Gasteiger partial charge in [-0.2, -0.15) is 0 Å². The van der Waals surface area contributed by atoms with E-state index in [9.17, 15) is 8.42 Å². The third-order valence-corrected chi connectivity index (χ3v) is 4.06. The minimum absolute atomic E-state index is 0.139. The molecule has 7 heteroatoms. The van der Waals surface area contributed by atoms with Gasteiger partial charge in [0.1, 0.15) is 0 Å². The Morgan fingerprint density at radius 3 is 2.60 bits per heavy atom. The van der Waals surface area contributed by atoms with Crippen LogP contribution in [0.25, 0.3) is 11.3 Å². The SMILES string of the molecule is CC(C)(N)CNS(=O)(=O)c1ccccc1-c1ccno1. The van der Waals surface area contributed by atoms with Gasteiger partial charge in [-0.1, -0.05) is 17.3 Å². The fourth-order valence-electron chi connectivity index (χ4n) is 1.62. The molecule has 1 aromatic carbocycles. The average Bonchev–Trinajstić information content (AvgIpc) is 2.90. The zero-order chi connectivity index (χ0) is 14.8. The summed E-state index contributed by atoms with van der Waals surface area (Å²) in [5.74, 6) is 0.401. The summed E-state index contributed by atoms with van der Waals surface area (Å²) < 4.78 is 32.3. The van der Waals surface area contributed by atoms with Crippen molar-refractivity contribution in [3.63, 3.8) is 0 Å². The fourth-order valence-corrected chi connectivity index (χ4v) is 3.05. The average molecular weight is 295 g/mol. The molecule has 1 heterocycles. The highest BCUT2D eigenvalue weighted by Gasteiger charge is 2.22. The highest BCUT2D eigenvalue weighted by Crippen LogP contribution is 2.26. The number of nitrogens with one attached hydrogen (secondary N) is 1. The molecular formula is C13H17N3O3S. The Labute approximate surface area is 118 Å². The third kappa shape index (κ3) is 3.44. The van der Waals surface area contributed by atoms with Crippen molar-refractivity contribution >= 4 is 10.0 Å². The molecule has 0 bridgehead atoms. The third-order valence-electron chi connectivity index (χ3n) is 2.60. The van der Waals surface area contributed by atoms with Crippen molar-refractivity contribution in [2.75, 3.05) is 6.54 Å². The molecule has 0 radical (unpaired) electrons. The molecule has 0 aliphatic rings. The molecule has 0 spiro atoms. The lowest BCUT2D eigenvalue weighted by atomic mass is 10.1. The zero-order valence-electron chi connectivity index (χ0n) is 11.3. The molecule has 0 amide bonds. The fraction of sp³-hybridized carbons (Fsp3) is 0.308. The van der Waals surface area contributed by atoms with Crippen LogP contribution in [0.3, 0.4) is 0 Å². The maximum Gasteiger partial charge on any atom is 0.241 e. The summed E-state index contributed by atoms with van der Waals surface area (Å²) in [5.41, 5.74) is 5.63. The van der Waals surface area contributed by atoms with Crippen molar-refractivity contribution in [2.45, 2.75) is 24.3 Å². The van der Waals surface area contributed by atoms with Crippen LogP contribution in [0.2, 0.25) is 0 Å². The van der Waals surface area contributed by atoms with Crippen molar-refractivity contribution in [1.82, 2.24) is 9.88 Å². The largest absolute Gasteiger partial charge is 0.356 e. The van der Waals surface area contributed by atoms with Crippen LogP contribution in [0, 0.1) is 0 Å². The van der Waals surface area contributed by atoms with Crippen molar-refractivity contribution in [1.29, 1.82) is 0 Å². The molecule has 20 heavy (non-hydrogen) atoms. The first-order valence-electron chi connectivity index (χ1n) is 6.08. The molecule has 108 valence electrons. The Balaban J connectivity index is 2.38. The van der Waals surface area contributed by atoms with Crippen LogP contribution in [0.15, 0.2) is 45.9 Å². The van der Waals surface area contributed by atoms with Gasteiger partial charge >= 0.3 is 0 Å². The van der Waals surface area contributed by atoms with Crippen molar-refractivity contribution < 1.29 is 12.9 Å². The number of aromatic nitrogens is 1. The van der Waals surface area contributed by atoms with E-state index in [0.717, 1.165) is 0 Å². The van der Waals surface area contributed by atoms with Crippen molar-refractivity contribution in [3.8, 4) is 11.3 Å². The van der Waals surface area contributed by atoms with E-state index in [4.69, 9.17) is 10.3 Å². The van der Waals surface area contributed by atoms with E-state index < -0.39 is 15.6 Å². The van der Waals surface area contributed by atoms with Crippen LogP contribution in [0.4, 0.5) is 0 Å². The molecular weight excluding hydrogens is 278 g/mol. The summed E-state index contributed by atoms with van der Waals surface area (Å²) in [4.78, 5) is 0.140. The predicted octanol–water partition coefficient (Wildman–Crippen LogP) is 1.36. The maximum atomic E-state index is 12.4. The molecule has 1 aromatic heterocycles. The summed E-state index contributed by atoms with van der Waals surface area (Å²) in [6.07, 6.45) is 1.47. The van der Waals surface area contributed by atoms with Gasteiger partial charge in [0, 0.05) is 23.7 Å². The van der Waals surface area contributed by atoms with Gasteiger partial charge in [0.15, 0.2) is 5.76 Å². The molecule has 6 nitrogen and oxygen atoms in total. The molecule has 0 saturated heterocycles. The second-order valence-corrected chi connectivity index (χ2v) is 6.92. The Hall–Kier alpha value is -1.70. The molecule has 2 rings (SSSR count). The van der Waals surface area contributed by atoms with E-state index in [0.29, 0.717) is 11.3 Å². The van der Waals surface area contributed by atoms with Crippen LogP contribution < -0.4 is 10.5 Å². The number of nitrogens with zero attached hydrogens (tertiary/aromatic N) is 1. The molecule has 0 aliphatic carbocycles. The monoisotopic (exact) mass is 295 g/mol. The van der Waals surface area contributed by atoms with Crippen molar-refractivity contribution in [2.24, 2.45) is 5.73 Å². The highest BCUT2D eigenvalue weighted by atomic mass is 32.2. The molecule has 2 aromatic rings. The number of rotatable bonds is 5. The predicted molar refractivity (Wildman–Crippen MR) is 75.4 cm³/mol. The first-order chi connectivity index (χ1) is 9.30. The lowest BCUT2D eigenvalue weighted by Gasteiger charge is -2.19. The van der Waals surface area contributed by atoms with Crippen LogP contribution >= 0.6 is 0 Å². The van der Waals surface area contributed by atoms with Gasteiger partial charge in [-0.15, -0.1) is 0 Å². The van der Waals surface area contributed by atoms with Gasteiger partial charge < -0.3 is 10.3 Å². The maximum absolute atomic E-state index is 12.4. The first kappa shape index (κ1) is 14.7. The quantitative estimate of drug-likeness (QED) is 0.867. The molecule has 0 unspecified atom stereocenters. The Bertz CT molecular complexity index is 673. The number of hydrogen-bond donors (Lipinski definition) is 2. The van der Waals surface area contributed by atoms with E-state index in [2.05, 4.69) is 9.88 Å². The zero-order valence-corrected chi connectivity index (χ0v) is 12.1. The van der Waals surface area contributed by atoms with Gasteiger partial charge in [0.25, 0.3) is 0 Å². The Morgan fingerprint density at radius 1 is 1.30 bits per heavy atom. The minimum Gasteiger partial charge on any atom is -0.356 e. The van der Waals surface area contributed by atoms with Crippen LogP contribution in [-0.4, -0.2) is 25.7 Å². The van der Waals surface area contributed by atoms with E-state index in [1.807, 2.05) is 0 Å². The number of hydrogen-bond acceptors (Lipinski definition) is 5. The summed E-state index contributed by atoms with van der Waals surface area (Å²) in [7, 11) is -3.67. The van der Waals surface area contributed by atoms with Crippen LogP contribution in [0.5, 0.6) is 0 Å². The Morgan fingerprint density at radius 2 is 2.00 bits per heavy atom. The van der Waals surface area contributed by atoms with Gasteiger partial charge in [-0.05, 0) is 26.0 Å². The van der Waals surface area contributed by atoms with E-state index >= 15 is 0 Å². The number of nitrogens with two attached hydrogens (primary N) is 1. The normalized spacial score (nSPS) is 12.6. The smallest absolute Gasteiger partial charge is 0.241 e. The standard InChI is InChI=1S/C13H17N3O3S/c1-13(2,14)9-16-20(17,18)12-6-4-3-5-10(12)11-7-8-15-19-11/h3-8,16H,9,14H2,1-2H3. The van der Waals surface area contributed by atoms with E-state index in [-0.39, 0.29) is 11.4 Å². The molecule has 0 saturated carbocycles. The van der Waals surface area contributed by atoms with Gasteiger partial charge in [-0.25, -0.2) is 13.1 Å². The van der Waals surface area contributed by atoms with Gasteiger partial charge in [0.05, 0.1) is 11.1 Å².